The minimum atomic E-state index is -0.503. The number of amides is 2. The third-order valence-electron chi connectivity index (χ3n) is 4.57. The van der Waals surface area contributed by atoms with Crippen molar-refractivity contribution in [2.75, 3.05) is 16.4 Å². The Labute approximate surface area is 195 Å². The van der Waals surface area contributed by atoms with Crippen LogP contribution in [0, 0.1) is 18.3 Å². The molecule has 2 atom stereocenters. The van der Waals surface area contributed by atoms with Crippen molar-refractivity contribution in [1.29, 1.82) is 5.26 Å². The largest absolute Gasteiger partial charge is 0.360 e. The van der Waals surface area contributed by atoms with E-state index in [1.165, 1.54) is 11.8 Å². The molecule has 7 nitrogen and oxygen atoms in total. The quantitative estimate of drug-likeness (QED) is 0.482. The molecule has 3 aromatic rings. The van der Waals surface area contributed by atoms with Gasteiger partial charge in [0.15, 0.2) is 5.82 Å². The summed E-state index contributed by atoms with van der Waals surface area (Å²) in [5.41, 5.74) is 2.03. The average Bonchev–Trinajstić information content (AvgIpc) is 3.19. The first-order valence-electron chi connectivity index (χ1n) is 9.77. The Kier molecular flexibility index (Phi) is 7.92. The van der Waals surface area contributed by atoms with E-state index >= 15 is 0 Å². The Bertz CT molecular complexity index is 1140. The van der Waals surface area contributed by atoms with Crippen molar-refractivity contribution >= 4 is 46.7 Å². The number of benzene rings is 2. The highest BCUT2D eigenvalue weighted by atomic mass is 35.5. The summed E-state index contributed by atoms with van der Waals surface area (Å²) in [5, 5.41) is 18.7. The Morgan fingerprint density at radius 1 is 1.19 bits per heavy atom. The van der Waals surface area contributed by atoms with Crippen molar-refractivity contribution in [3.8, 4) is 6.07 Å². The molecule has 0 saturated heterocycles. The van der Waals surface area contributed by atoms with Crippen LogP contribution in [0.1, 0.15) is 29.7 Å². The molecule has 2 unspecified atom stereocenters. The second-order valence-corrected chi connectivity index (χ2v) is 8.76. The van der Waals surface area contributed by atoms with Gasteiger partial charge in [0.2, 0.25) is 11.8 Å². The summed E-state index contributed by atoms with van der Waals surface area (Å²) < 4.78 is 4.91. The predicted octanol–water partition coefficient (Wildman–Crippen LogP) is 4.99. The lowest BCUT2D eigenvalue weighted by atomic mass is 9.92. The topological polar surface area (TPSA) is 108 Å². The number of nitrogens with zero attached hydrogens (tertiary/aromatic N) is 2. The van der Waals surface area contributed by atoms with E-state index in [1.807, 2.05) is 30.3 Å². The number of nitriles is 1. The smallest absolute Gasteiger partial charge is 0.238 e. The third kappa shape index (κ3) is 6.13. The molecular weight excluding hydrogens is 448 g/mol. The molecule has 0 radical (unpaired) electrons. The number of aryl methyl sites for hydroxylation is 1. The Balaban J connectivity index is 1.55. The van der Waals surface area contributed by atoms with E-state index in [1.54, 1.807) is 38.1 Å². The molecule has 0 aliphatic heterocycles. The minimum Gasteiger partial charge on any atom is -0.360 e. The molecule has 2 N–H and O–H groups in total. The van der Waals surface area contributed by atoms with Crippen LogP contribution in [0.5, 0.6) is 0 Å². The molecule has 0 bridgehead atoms. The van der Waals surface area contributed by atoms with Crippen LogP contribution in [0.25, 0.3) is 0 Å². The summed E-state index contributed by atoms with van der Waals surface area (Å²) in [6.45, 7) is 3.43. The fraction of sp³-hybridized carbons (Fsp3) is 0.217. The molecule has 1 aromatic heterocycles. The maximum Gasteiger partial charge on any atom is 0.238 e. The van der Waals surface area contributed by atoms with Gasteiger partial charge in [-0.1, -0.05) is 53.2 Å². The fourth-order valence-corrected chi connectivity index (χ4v) is 3.91. The van der Waals surface area contributed by atoms with Crippen LogP contribution in [0.3, 0.4) is 0 Å². The summed E-state index contributed by atoms with van der Waals surface area (Å²) in [6.07, 6.45) is 0. The van der Waals surface area contributed by atoms with Crippen molar-refractivity contribution in [2.24, 2.45) is 0 Å². The Morgan fingerprint density at radius 2 is 1.94 bits per heavy atom. The van der Waals surface area contributed by atoms with Crippen LogP contribution in [-0.4, -0.2) is 28.0 Å². The number of carbonyl (C=O) groups is 2. The number of anilines is 2. The molecule has 32 heavy (non-hydrogen) atoms. The summed E-state index contributed by atoms with van der Waals surface area (Å²) in [5.74, 6) is -0.0318. The summed E-state index contributed by atoms with van der Waals surface area (Å²) >= 11 is 7.60. The Morgan fingerprint density at radius 3 is 2.56 bits per heavy atom. The zero-order valence-electron chi connectivity index (χ0n) is 17.5. The lowest BCUT2D eigenvalue weighted by Gasteiger charge is -2.14. The standard InChI is InChI=1S/C23H21ClN4O3S/c1-14-10-21(28-31-14)27-23(30)15(2)32-13-22(29)26-17-8-9-18(20(24)11-17)19(12-25)16-6-4-3-5-7-16/h3-11,15,19H,13H2,1-2H3,(H,26,29)(H,27,28,30). The van der Waals surface area contributed by atoms with Gasteiger partial charge < -0.3 is 15.2 Å². The van der Waals surface area contributed by atoms with Gasteiger partial charge in [0, 0.05) is 16.8 Å². The highest BCUT2D eigenvalue weighted by Gasteiger charge is 2.19. The average molecular weight is 469 g/mol. The first kappa shape index (κ1) is 23.4. The number of rotatable bonds is 8. The van der Waals surface area contributed by atoms with Gasteiger partial charge in [0.1, 0.15) is 5.76 Å². The zero-order chi connectivity index (χ0) is 23.1. The maximum atomic E-state index is 12.3. The van der Waals surface area contributed by atoms with E-state index in [0.29, 0.717) is 27.9 Å². The second-order valence-electron chi connectivity index (χ2n) is 7.02. The second kappa shape index (κ2) is 10.8. The van der Waals surface area contributed by atoms with Crippen LogP contribution in [0.4, 0.5) is 11.5 Å². The van der Waals surface area contributed by atoms with E-state index in [2.05, 4.69) is 21.9 Å². The molecule has 0 spiro atoms. The van der Waals surface area contributed by atoms with Crippen molar-refractivity contribution < 1.29 is 14.1 Å². The molecule has 2 aromatic carbocycles. The minimum absolute atomic E-state index is 0.0800. The van der Waals surface area contributed by atoms with Crippen molar-refractivity contribution in [3.05, 3.63) is 76.5 Å². The SMILES string of the molecule is Cc1cc(NC(=O)C(C)SCC(=O)Nc2ccc(C(C#N)c3ccccc3)c(Cl)c2)no1. The first-order valence-corrected chi connectivity index (χ1v) is 11.2. The monoisotopic (exact) mass is 468 g/mol. The molecule has 2 amide bonds. The number of thioether (sulfide) groups is 1. The lowest BCUT2D eigenvalue weighted by Crippen LogP contribution is -2.25. The van der Waals surface area contributed by atoms with E-state index in [4.69, 9.17) is 16.1 Å². The summed E-state index contributed by atoms with van der Waals surface area (Å²) in [6, 6.07) is 18.3. The summed E-state index contributed by atoms with van der Waals surface area (Å²) in [4.78, 5) is 24.5. The van der Waals surface area contributed by atoms with E-state index < -0.39 is 11.2 Å². The van der Waals surface area contributed by atoms with Crippen LogP contribution >= 0.6 is 23.4 Å². The number of aromatic nitrogens is 1. The predicted molar refractivity (Wildman–Crippen MR) is 126 cm³/mol. The number of hydrogen-bond acceptors (Lipinski definition) is 6. The first-order chi connectivity index (χ1) is 15.4. The molecule has 0 fully saturated rings. The van der Waals surface area contributed by atoms with Crippen molar-refractivity contribution in [1.82, 2.24) is 5.16 Å². The molecule has 164 valence electrons. The number of halogens is 1. The molecule has 0 aliphatic carbocycles. The molecule has 9 heteroatoms. The highest BCUT2D eigenvalue weighted by Crippen LogP contribution is 2.31. The van der Waals surface area contributed by atoms with Crippen LogP contribution in [0.15, 0.2) is 59.1 Å². The molecule has 1 heterocycles. The Hall–Kier alpha value is -3.28. The van der Waals surface area contributed by atoms with Gasteiger partial charge in [0.25, 0.3) is 0 Å². The van der Waals surface area contributed by atoms with Crippen molar-refractivity contribution in [2.45, 2.75) is 25.0 Å². The lowest BCUT2D eigenvalue weighted by molar-refractivity contribution is -0.115. The van der Waals surface area contributed by atoms with Gasteiger partial charge >= 0.3 is 0 Å². The van der Waals surface area contributed by atoms with Crippen LogP contribution in [-0.2, 0) is 9.59 Å². The van der Waals surface area contributed by atoms with Crippen molar-refractivity contribution in [3.63, 3.8) is 0 Å². The normalized spacial score (nSPS) is 12.4. The van der Waals surface area contributed by atoms with Gasteiger partial charge in [-0.15, -0.1) is 11.8 Å². The van der Waals surface area contributed by atoms with E-state index in [0.717, 1.165) is 5.56 Å². The third-order valence-corrected chi connectivity index (χ3v) is 6.04. The fourth-order valence-electron chi connectivity index (χ4n) is 2.93. The van der Waals surface area contributed by atoms with Gasteiger partial charge in [-0.05, 0) is 37.1 Å². The number of carbonyl (C=O) groups excluding carboxylic acids is 2. The van der Waals surface area contributed by atoms with Gasteiger partial charge in [0.05, 0.1) is 23.0 Å². The molecule has 0 saturated carbocycles. The van der Waals surface area contributed by atoms with Crippen LogP contribution in [0.2, 0.25) is 5.02 Å². The van der Waals surface area contributed by atoms with Crippen LogP contribution < -0.4 is 10.6 Å². The highest BCUT2D eigenvalue weighted by molar-refractivity contribution is 8.01. The van der Waals surface area contributed by atoms with E-state index in [9.17, 15) is 14.9 Å². The van der Waals surface area contributed by atoms with Gasteiger partial charge in [-0.25, -0.2) is 0 Å². The van der Waals surface area contributed by atoms with E-state index in [-0.39, 0.29) is 17.6 Å². The molecule has 3 rings (SSSR count). The molecular formula is C23H21ClN4O3S. The van der Waals surface area contributed by atoms with Gasteiger partial charge in [-0.3, -0.25) is 9.59 Å². The number of nitrogens with one attached hydrogen (secondary N) is 2. The maximum absolute atomic E-state index is 12.3. The number of hydrogen-bond donors (Lipinski definition) is 2. The molecule has 0 aliphatic rings. The zero-order valence-corrected chi connectivity index (χ0v) is 19.0. The van der Waals surface area contributed by atoms with Gasteiger partial charge in [-0.2, -0.15) is 5.26 Å². The summed E-state index contributed by atoms with van der Waals surface area (Å²) in [7, 11) is 0.